The molecule has 0 aliphatic heterocycles. The molecule has 0 aliphatic rings. The highest BCUT2D eigenvalue weighted by atomic mass is 16.5. The van der Waals surface area contributed by atoms with Crippen molar-refractivity contribution in [1.82, 2.24) is 15.4 Å². The summed E-state index contributed by atoms with van der Waals surface area (Å²) in [7, 11) is 0. The van der Waals surface area contributed by atoms with E-state index in [0.717, 1.165) is 16.5 Å². The first-order valence-corrected chi connectivity index (χ1v) is 11.2. The van der Waals surface area contributed by atoms with Crippen molar-refractivity contribution in [3.05, 3.63) is 84.2 Å². The minimum atomic E-state index is -0.327. The summed E-state index contributed by atoms with van der Waals surface area (Å²) in [5.41, 5.74) is 6.75. The molecule has 0 aliphatic carbocycles. The fourth-order valence-corrected chi connectivity index (χ4v) is 3.58. The number of carbonyl (C=O) groups is 1. The first kappa shape index (κ1) is 22.9. The molecule has 0 spiro atoms. The second-order valence-corrected chi connectivity index (χ2v) is 7.48. The van der Waals surface area contributed by atoms with Gasteiger partial charge in [-0.15, -0.1) is 0 Å². The number of hydrogen-bond donors (Lipinski definition) is 1. The average Bonchev–Trinajstić information content (AvgIpc) is 2.87. The van der Waals surface area contributed by atoms with E-state index in [0.29, 0.717) is 47.2 Å². The third-order valence-corrected chi connectivity index (χ3v) is 5.21. The van der Waals surface area contributed by atoms with Gasteiger partial charge in [0.2, 0.25) is 0 Å². The standard InChI is InChI=1S/C27H26N4O3/c1-4-33-20-12-13-22(26(15-20)34-5-2)25-16-23(21-10-6-7-11-24(21)29-25)27(32)31-30-18(3)19-9-8-14-28-17-19/h6-17H,4-5H2,1-3H3,(H,31,32)/b30-18+. The average molecular weight is 455 g/mol. The molecule has 0 saturated heterocycles. The lowest BCUT2D eigenvalue weighted by Crippen LogP contribution is -2.20. The Labute approximate surface area is 198 Å². The molecular formula is C27H26N4O3. The molecule has 1 amide bonds. The summed E-state index contributed by atoms with van der Waals surface area (Å²) in [4.78, 5) is 22.1. The number of fused-ring (bicyclic) bond motifs is 1. The normalized spacial score (nSPS) is 11.3. The lowest BCUT2D eigenvalue weighted by molar-refractivity contribution is 0.0956. The third kappa shape index (κ3) is 5.04. The lowest BCUT2D eigenvalue weighted by atomic mass is 10.0. The van der Waals surface area contributed by atoms with Crippen LogP contribution in [0.3, 0.4) is 0 Å². The van der Waals surface area contributed by atoms with Crippen LogP contribution in [0.1, 0.15) is 36.7 Å². The van der Waals surface area contributed by atoms with E-state index < -0.39 is 0 Å². The van der Waals surface area contributed by atoms with Gasteiger partial charge in [-0.05, 0) is 51.1 Å². The summed E-state index contributed by atoms with van der Waals surface area (Å²) in [6.07, 6.45) is 3.39. The molecule has 7 nitrogen and oxygen atoms in total. The van der Waals surface area contributed by atoms with Crippen molar-refractivity contribution in [1.29, 1.82) is 0 Å². The highest BCUT2D eigenvalue weighted by molar-refractivity contribution is 6.08. The Hall–Kier alpha value is -4.26. The topological polar surface area (TPSA) is 85.7 Å². The Bertz CT molecular complexity index is 1340. The fourth-order valence-electron chi connectivity index (χ4n) is 3.58. The monoisotopic (exact) mass is 454 g/mol. The van der Waals surface area contributed by atoms with Gasteiger partial charge in [0, 0.05) is 35.0 Å². The molecule has 0 atom stereocenters. The van der Waals surface area contributed by atoms with Crippen LogP contribution >= 0.6 is 0 Å². The van der Waals surface area contributed by atoms with E-state index in [1.807, 2.05) is 75.4 Å². The quantitative estimate of drug-likeness (QED) is 0.290. The van der Waals surface area contributed by atoms with E-state index in [9.17, 15) is 4.79 Å². The highest BCUT2D eigenvalue weighted by Crippen LogP contribution is 2.34. The molecule has 4 rings (SSSR count). The molecule has 0 fully saturated rings. The first-order valence-electron chi connectivity index (χ1n) is 11.2. The van der Waals surface area contributed by atoms with Gasteiger partial charge < -0.3 is 9.47 Å². The van der Waals surface area contributed by atoms with E-state index in [4.69, 9.17) is 14.5 Å². The van der Waals surface area contributed by atoms with Crippen molar-refractivity contribution >= 4 is 22.5 Å². The zero-order chi connectivity index (χ0) is 23.9. The van der Waals surface area contributed by atoms with Gasteiger partial charge in [0.25, 0.3) is 5.91 Å². The van der Waals surface area contributed by atoms with Gasteiger partial charge in [-0.25, -0.2) is 10.4 Å². The summed E-state index contributed by atoms with van der Waals surface area (Å²) >= 11 is 0. The van der Waals surface area contributed by atoms with Gasteiger partial charge in [0.15, 0.2) is 0 Å². The van der Waals surface area contributed by atoms with Crippen molar-refractivity contribution in [2.24, 2.45) is 5.10 Å². The number of carbonyl (C=O) groups excluding carboxylic acids is 1. The van der Waals surface area contributed by atoms with Crippen LogP contribution < -0.4 is 14.9 Å². The molecule has 2 aromatic heterocycles. The van der Waals surface area contributed by atoms with Crippen molar-refractivity contribution in [3.8, 4) is 22.8 Å². The van der Waals surface area contributed by atoms with Crippen LogP contribution in [0.15, 0.2) is 78.2 Å². The van der Waals surface area contributed by atoms with Gasteiger partial charge in [0.1, 0.15) is 11.5 Å². The van der Waals surface area contributed by atoms with E-state index in [1.54, 1.807) is 18.5 Å². The summed E-state index contributed by atoms with van der Waals surface area (Å²) in [5.74, 6) is 1.04. The highest BCUT2D eigenvalue weighted by Gasteiger charge is 2.17. The largest absolute Gasteiger partial charge is 0.494 e. The summed E-state index contributed by atoms with van der Waals surface area (Å²) < 4.78 is 11.5. The SMILES string of the molecule is CCOc1ccc(-c2cc(C(=O)N/N=C(\C)c3cccnc3)c3ccccc3n2)c(OCC)c1. The molecule has 4 aromatic rings. The van der Waals surface area contributed by atoms with Crippen molar-refractivity contribution in [2.45, 2.75) is 20.8 Å². The van der Waals surface area contributed by atoms with Gasteiger partial charge in [0.05, 0.1) is 35.7 Å². The van der Waals surface area contributed by atoms with Crippen LogP contribution in [0.5, 0.6) is 11.5 Å². The van der Waals surface area contributed by atoms with Crippen molar-refractivity contribution in [2.75, 3.05) is 13.2 Å². The van der Waals surface area contributed by atoms with Crippen molar-refractivity contribution < 1.29 is 14.3 Å². The molecular weight excluding hydrogens is 428 g/mol. The lowest BCUT2D eigenvalue weighted by Gasteiger charge is -2.14. The van der Waals surface area contributed by atoms with Crippen LogP contribution in [0.4, 0.5) is 0 Å². The van der Waals surface area contributed by atoms with Crippen LogP contribution in [0.25, 0.3) is 22.2 Å². The maximum absolute atomic E-state index is 13.2. The Morgan fingerprint density at radius 2 is 1.82 bits per heavy atom. The van der Waals surface area contributed by atoms with E-state index in [-0.39, 0.29) is 5.91 Å². The van der Waals surface area contributed by atoms with E-state index in [2.05, 4.69) is 15.5 Å². The Balaban J connectivity index is 1.75. The number of hydrogen-bond acceptors (Lipinski definition) is 6. The minimum Gasteiger partial charge on any atom is -0.494 e. The predicted molar refractivity (Wildman–Crippen MR) is 133 cm³/mol. The second-order valence-electron chi connectivity index (χ2n) is 7.48. The molecule has 34 heavy (non-hydrogen) atoms. The Morgan fingerprint density at radius 1 is 1.00 bits per heavy atom. The number of nitrogens with one attached hydrogen (secondary N) is 1. The number of ether oxygens (including phenoxy) is 2. The van der Waals surface area contributed by atoms with E-state index >= 15 is 0 Å². The molecule has 2 aromatic carbocycles. The maximum Gasteiger partial charge on any atom is 0.272 e. The first-order chi connectivity index (χ1) is 16.6. The summed E-state index contributed by atoms with van der Waals surface area (Å²) in [6, 6.07) is 18.6. The molecule has 7 heteroatoms. The number of rotatable bonds is 8. The summed E-state index contributed by atoms with van der Waals surface area (Å²) in [6.45, 7) is 6.73. The molecule has 0 saturated carbocycles. The molecule has 0 bridgehead atoms. The third-order valence-electron chi connectivity index (χ3n) is 5.21. The number of aromatic nitrogens is 2. The number of hydrazone groups is 1. The zero-order valence-corrected chi connectivity index (χ0v) is 19.4. The molecule has 0 unspecified atom stereocenters. The van der Waals surface area contributed by atoms with Crippen LogP contribution in [-0.4, -0.2) is 34.8 Å². The second kappa shape index (κ2) is 10.6. The fraction of sp³-hybridized carbons (Fsp3) is 0.185. The number of nitrogens with zero attached hydrogens (tertiary/aromatic N) is 3. The van der Waals surface area contributed by atoms with E-state index in [1.165, 1.54) is 0 Å². The maximum atomic E-state index is 13.2. The summed E-state index contributed by atoms with van der Waals surface area (Å²) in [5, 5.41) is 5.01. The molecule has 2 heterocycles. The molecule has 172 valence electrons. The van der Waals surface area contributed by atoms with Crippen LogP contribution in [0, 0.1) is 0 Å². The number of benzene rings is 2. The van der Waals surface area contributed by atoms with Gasteiger partial charge in [-0.3, -0.25) is 9.78 Å². The van der Waals surface area contributed by atoms with Gasteiger partial charge in [-0.2, -0.15) is 5.10 Å². The Morgan fingerprint density at radius 3 is 2.59 bits per heavy atom. The van der Waals surface area contributed by atoms with Gasteiger partial charge >= 0.3 is 0 Å². The number of para-hydroxylation sites is 1. The minimum absolute atomic E-state index is 0.327. The molecule has 0 radical (unpaired) electrons. The van der Waals surface area contributed by atoms with Crippen LogP contribution in [-0.2, 0) is 0 Å². The van der Waals surface area contributed by atoms with Crippen LogP contribution in [0.2, 0.25) is 0 Å². The smallest absolute Gasteiger partial charge is 0.272 e. The zero-order valence-electron chi connectivity index (χ0n) is 19.4. The Kier molecular flexibility index (Phi) is 7.13. The number of pyridine rings is 2. The number of amides is 1. The van der Waals surface area contributed by atoms with Crippen molar-refractivity contribution in [3.63, 3.8) is 0 Å². The molecule has 1 N–H and O–H groups in total. The van der Waals surface area contributed by atoms with Gasteiger partial charge in [-0.1, -0.05) is 24.3 Å². The predicted octanol–water partition coefficient (Wildman–Crippen LogP) is 5.25.